The number of alkyl halides is 3. The molecule has 0 unspecified atom stereocenters. The van der Waals surface area contributed by atoms with Crippen molar-refractivity contribution in [1.82, 2.24) is 9.88 Å². The molecule has 2 heterocycles. The highest BCUT2D eigenvalue weighted by molar-refractivity contribution is 5.92. The van der Waals surface area contributed by atoms with Crippen LogP contribution in [0.15, 0.2) is 18.2 Å². The van der Waals surface area contributed by atoms with Crippen LogP contribution in [0.2, 0.25) is 0 Å². The molecule has 1 N–H and O–H groups in total. The van der Waals surface area contributed by atoms with Crippen LogP contribution < -0.4 is 4.74 Å². The van der Waals surface area contributed by atoms with Gasteiger partial charge in [-0.2, -0.15) is 13.2 Å². The van der Waals surface area contributed by atoms with Crippen LogP contribution in [0, 0.1) is 0 Å². The first-order valence-corrected chi connectivity index (χ1v) is 5.99. The van der Waals surface area contributed by atoms with Crippen molar-refractivity contribution < 1.29 is 27.8 Å². The van der Waals surface area contributed by atoms with E-state index in [1.54, 1.807) is 0 Å². The quantitative estimate of drug-likeness (QED) is 0.909. The van der Waals surface area contributed by atoms with Gasteiger partial charge in [0.05, 0.1) is 6.10 Å². The normalized spacial score (nSPS) is 19.2. The van der Waals surface area contributed by atoms with E-state index in [0.29, 0.717) is 13.0 Å². The molecule has 1 aliphatic heterocycles. The standard InChI is InChI=1S/C12H13F3N2O3/c13-12(14,15)7-20-10-3-1-2-9(16-10)11(19)17-5-4-8(18)6-17/h1-3,8,18H,4-7H2/t8-/m1/s1. The summed E-state index contributed by atoms with van der Waals surface area (Å²) in [6, 6.07) is 4.05. The number of halogens is 3. The van der Waals surface area contributed by atoms with E-state index in [2.05, 4.69) is 9.72 Å². The van der Waals surface area contributed by atoms with Crippen molar-refractivity contribution in [2.45, 2.75) is 18.7 Å². The summed E-state index contributed by atoms with van der Waals surface area (Å²) in [7, 11) is 0. The SMILES string of the molecule is O=C(c1cccc(OCC(F)(F)F)n1)N1CC[C@@H](O)C1. The Kier molecular flexibility index (Phi) is 4.12. The second-order valence-corrected chi connectivity index (χ2v) is 4.46. The molecule has 1 aromatic rings. The Morgan fingerprint density at radius 2 is 2.25 bits per heavy atom. The maximum absolute atomic E-state index is 12.0. The second-order valence-electron chi connectivity index (χ2n) is 4.46. The highest BCUT2D eigenvalue weighted by atomic mass is 19.4. The first kappa shape index (κ1) is 14.6. The summed E-state index contributed by atoms with van der Waals surface area (Å²) in [5.74, 6) is -0.688. The predicted octanol–water partition coefficient (Wildman–Crippen LogP) is 1.23. The van der Waals surface area contributed by atoms with Crippen LogP contribution in [0.3, 0.4) is 0 Å². The number of nitrogens with zero attached hydrogens (tertiary/aromatic N) is 2. The van der Waals surface area contributed by atoms with Crippen molar-refractivity contribution in [3.8, 4) is 5.88 Å². The van der Waals surface area contributed by atoms with Crippen molar-refractivity contribution in [3.05, 3.63) is 23.9 Å². The first-order valence-electron chi connectivity index (χ1n) is 5.99. The van der Waals surface area contributed by atoms with Gasteiger partial charge in [0.2, 0.25) is 5.88 Å². The minimum Gasteiger partial charge on any atom is -0.468 e. The predicted molar refractivity (Wildman–Crippen MR) is 62.3 cm³/mol. The molecule has 110 valence electrons. The molecule has 20 heavy (non-hydrogen) atoms. The van der Waals surface area contributed by atoms with Crippen molar-refractivity contribution in [2.75, 3.05) is 19.7 Å². The van der Waals surface area contributed by atoms with E-state index in [0.717, 1.165) is 0 Å². The molecule has 1 aromatic heterocycles. The molecule has 2 rings (SSSR count). The third-order valence-corrected chi connectivity index (χ3v) is 2.78. The van der Waals surface area contributed by atoms with Gasteiger partial charge in [-0.05, 0) is 12.5 Å². The van der Waals surface area contributed by atoms with E-state index in [4.69, 9.17) is 0 Å². The zero-order valence-electron chi connectivity index (χ0n) is 10.4. The number of ether oxygens (including phenoxy) is 1. The van der Waals surface area contributed by atoms with Gasteiger partial charge in [-0.25, -0.2) is 4.98 Å². The molecule has 1 aliphatic rings. The Morgan fingerprint density at radius 3 is 2.85 bits per heavy atom. The smallest absolute Gasteiger partial charge is 0.422 e. The fraction of sp³-hybridized carbons (Fsp3) is 0.500. The van der Waals surface area contributed by atoms with Crippen LogP contribution in [0.5, 0.6) is 5.88 Å². The third kappa shape index (κ3) is 3.83. The van der Waals surface area contributed by atoms with Crippen molar-refractivity contribution >= 4 is 5.91 Å². The van der Waals surface area contributed by atoms with E-state index < -0.39 is 24.8 Å². The molecular formula is C12H13F3N2O3. The van der Waals surface area contributed by atoms with Crippen LogP contribution >= 0.6 is 0 Å². The van der Waals surface area contributed by atoms with Gasteiger partial charge in [0.15, 0.2) is 6.61 Å². The van der Waals surface area contributed by atoms with E-state index >= 15 is 0 Å². The lowest BCUT2D eigenvalue weighted by Gasteiger charge is -2.15. The number of pyridine rings is 1. The maximum atomic E-state index is 12.0. The second kappa shape index (κ2) is 5.66. The van der Waals surface area contributed by atoms with Crippen LogP contribution in [0.25, 0.3) is 0 Å². The minimum atomic E-state index is -4.46. The molecule has 0 saturated carbocycles. The Bertz CT molecular complexity index is 493. The number of aromatic nitrogens is 1. The zero-order valence-corrected chi connectivity index (χ0v) is 10.4. The summed E-state index contributed by atoms with van der Waals surface area (Å²) >= 11 is 0. The maximum Gasteiger partial charge on any atom is 0.422 e. The van der Waals surface area contributed by atoms with E-state index in [9.17, 15) is 23.1 Å². The van der Waals surface area contributed by atoms with Gasteiger partial charge >= 0.3 is 6.18 Å². The number of carbonyl (C=O) groups is 1. The molecule has 8 heteroatoms. The zero-order chi connectivity index (χ0) is 14.8. The number of rotatable bonds is 3. The molecule has 0 aromatic carbocycles. The minimum absolute atomic E-state index is 0.00113. The summed E-state index contributed by atoms with van der Waals surface area (Å²) in [5, 5.41) is 9.36. The average Bonchev–Trinajstić information content (AvgIpc) is 2.82. The molecule has 1 amide bonds. The third-order valence-electron chi connectivity index (χ3n) is 2.78. The molecular weight excluding hydrogens is 277 g/mol. The average molecular weight is 290 g/mol. The molecule has 1 fully saturated rings. The monoisotopic (exact) mass is 290 g/mol. The fourth-order valence-corrected chi connectivity index (χ4v) is 1.86. The summed E-state index contributed by atoms with van der Waals surface area (Å²) in [6.45, 7) is -0.858. The van der Waals surface area contributed by atoms with Gasteiger partial charge < -0.3 is 14.7 Å². The van der Waals surface area contributed by atoms with Crippen molar-refractivity contribution in [1.29, 1.82) is 0 Å². The number of aliphatic hydroxyl groups excluding tert-OH is 1. The van der Waals surface area contributed by atoms with Gasteiger partial charge in [0.1, 0.15) is 5.69 Å². The lowest BCUT2D eigenvalue weighted by atomic mass is 10.3. The fourth-order valence-electron chi connectivity index (χ4n) is 1.86. The van der Waals surface area contributed by atoms with Gasteiger partial charge in [-0.3, -0.25) is 4.79 Å². The number of carbonyl (C=O) groups excluding carboxylic acids is 1. The highest BCUT2D eigenvalue weighted by Gasteiger charge is 2.29. The first-order chi connectivity index (χ1) is 9.35. The summed E-state index contributed by atoms with van der Waals surface area (Å²) in [4.78, 5) is 17.2. The number of β-amino-alcohol motifs (C(OH)–C–C–N with tert-alkyl or cyclic N) is 1. The van der Waals surface area contributed by atoms with Crippen LogP contribution in [0.4, 0.5) is 13.2 Å². The molecule has 5 nitrogen and oxygen atoms in total. The largest absolute Gasteiger partial charge is 0.468 e. The summed E-state index contributed by atoms with van der Waals surface area (Å²) in [6.07, 6.45) is -4.54. The highest BCUT2D eigenvalue weighted by Crippen LogP contribution is 2.18. The Labute approximate surface area is 113 Å². The van der Waals surface area contributed by atoms with Crippen LogP contribution in [-0.2, 0) is 0 Å². The molecule has 1 atom stereocenters. The molecule has 0 bridgehead atoms. The number of likely N-dealkylation sites (tertiary alicyclic amines) is 1. The number of hydrogen-bond donors (Lipinski definition) is 1. The molecule has 0 spiro atoms. The summed E-state index contributed by atoms with van der Waals surface area (Å²) < 4.78 is 40.6. The van der Waals surface area contributed by atoms with Crippen molar-refractivity contribution in [3.63, 3.8) is 0 Å². The number of hydrogen-bond acceptors (Lipinski definition) is 4. The van der Waals surface area contributed by atoms with E-state index in [-0.39, 0.29) is 18.1 Å². The number of aliphatic hydroxyl groups is 1. The Hall–Kier alpha value is -1.83. The Morgan fingerprint density at radius 1 is 1.50 bits per heavy atom. The van der Waals surface area contributed by atoms with Gasteiger partial charge in [-0.1, -0.05) is 6.07 Å². The Balaban J connectivity index is 2.04. The van der Waals surface area contributed by atoms with Crippen molar-refractivity contribution in [2.24, 2.45) is 0 Å². The van der Waals surface area contributed by atoms with Gasteiger partial charge in [0, 0.05) is 19.2 Å². The van der Waals surface area contributed by atoms with Crippen LogP contribution in [0.1, 0.15) is 16.9 Å². The van der Waals surface area contributed by atoms with Gasteiger partial charge in [-0.15, -0.1) is 0 Å². The molecule has 0 aliphatic carbocycles. The summed E-state index contributed by atoms with van der Waals surface area (Å²) in [5.41, 5.74) is -0.00113. The van der Waals surface area contributed by atoms with E-state index in [1.165, 1.54) is 23.1 Å². The molecule has 1 saturated heterocycles. The molecule has 0 radical (unpaired) electrons. The van der Waals surface area contributed by atoms with E-state index in [1.807, 2.05) is 0 Å². The lowest BCUT2D eigenvalue weighted by Crippen LogP contribution is -2.30. The van der Waals surface area contributed by atoms with Gasteiger partial charge in [0.25, 0.3) is 5.91 Å². The lowest BCUT2D eigenvalue weighted by molar-refractivity contribution is -0.154. The number of amides is 1. The van der Waals surface area contributed by atoms with Crippen LogP contribution in [-0.4, -0.2) is 52.9 Å². The topological polar surface area (TPSA) is 62.7 Å².